The van der Waals surface area contributed by atoms with Gasteiger partial charge in [-0.15, -0.1) is 0 Å². The third kappa shape index (κ3) is 2.53. The van der Waals surface area contributed by atoms with Gasteiger partial charge < -0.3 is 10.2 Å². The highest BCUT2D eigenvalue weighted by molar-refractivity contribution is 9.10. The minimum Gasteiger partial charge on any atom is -0.322 e. The largest absolute Gasteiger partial charge is 0.322 e. The molecule has 0 saturated carbocycles. The third-order valence-electron chi connectivity index (χ3n) is 6.72. The van der Waals surface area contributed by atoms with E-state index in [2.05, 4.69) is 26.1 Å². The highest BCUT2D eigenvalue weighted by Crippen LogP contribution is 2.56. The number of nitrogens with one attached hydrogen (secondary N) is 1. The fraction of sp³-hybridized carbons (Fsp3) is 0.364. The van der Waals surface area contributed by atoms with Gasteiger partial charge in [-0.25, -0.2) is 8.78 Å². The van der Waals surface area contributed by atoms with E-state index >= 15 is 0 Å². The molecule has 2 aromatic carbocycles. The van der Waals surface area contributed by atoms with Crippen molar-refractivity contribution in [2.24, 2.45) is 5.92 Å². The average Bonchev–Trinajstić information content (AvgIpc) is 3.35. The zero-order chi connectivity index (χ0) is 21.2. The Bertz CT molecular complexity index is 1060. The molecule has 2 aromatic rings. The molecule has 3 aliphatic heterocycles. The highest BCUT2D eigenvalue weighted by Gasteiger charge is 2.66. The van der Waals surface area contributed by atoms with Crippen LogP contribution in [0.3, 0.4) is 0 Å². The van der Waals surface area contributed by atoms with Crippen LogP contribution in [-0.2, 0) is 15.1 Å². The summed E-state index contributed by atoms with van der Waals surface area (Å²) in [4.78, 5) is 30.9. The van der Waals surface area contributed by atoms with Gasteiger partial charge in [0.25, 0.3) is 5.91 Å². The van der Waals surface area contributed by atoms with E-state index in [1.165, 1.54) is 0 Å². The van der Waals surface area contributed by atoms with Crippen molar-refractivity contribution in [3.05, 3.63) is 58.1 Å². The molecule has 0 aromatic heterocycles. The van der Waals surface area contributed by atoms with Crippen molar-refractivity contribution in [1.29, 1.82) is 0 Å². The summed E-state index contributed by atoms with van der Waals surface area (Å²) < 4.78 is 28.0. The second-order valence-corrected chi connectivity index (χ2v) is 9.01. The topological polar surface area (TPSA) is 52.7 Å². The standard InChI is InChI=1S/C22H20BrF2N3O2/c1-27-18-7-3-2-6-14(18)22(21(27)30)15(11-13-5-4-8-28(13)22)20(29)26-19-16(23)9-12(24)10-17(19)25/h2-3,6-7,9-10,13,15H,4-5,8,11H2,1H3,(H,26,29)/t13-,15+,22+/m1/s1. The van der Waals surface area contributed by atoms with E-state index in [4.69, 9.17) is 0 Å². The number of carbonyl (C=O) groups is 2. The molecule has 3 heterocycles. The van der Waals surface area contributed by atoms with Crippen molar-refractivity contribution in [3.8, 4) is 0 Å². The lowest BCUT2D eigenvalue weighted by atomic mass is 9.78. The number of anilines is 2. The lowest BCUT2D eigenvalue weighted by Gasteiger charge is -2.37. The van der Waals surface area contributed by atoms with Gasteiger partial charge in [-0.05, 0) is 53.9 Å². The smallest absolute Gasteiger partial charge is 0.252 e. The molecule has 0 bridgehead atoms. The molecule has 1 N–H and O–H groups in total. The molecule has 0 unspecified atom stereocenters. The Labute approximate surface area is 181 Å². The average molecular weight is 476 g/mol. The van der Waals surface area contributed by atoms with Gasteiger partial charge in [0.2, 0.25) is 5.91 Å². The molecule has 156 valence electrons. The summed E-state index contributed by atoms with van der Waals surface area (Å²) in [6.07, 6.45) is 2.40. The van der Waals surface area contributed by atoms with Crippen LogP contribution in [0, 0.1) is 17.6 Å². The number of rotatable bonds is 2. The van der Waals surface area contributed by atoms with Crippen LogP contribution in [-0.4, -0.2) is 36.3 Å². The van der Waals surface area contributed by atoms with Gasteiger partial charge in [-0.3, -0.25) is 14.5 Å². The van der Waals surface area contributed by atoms with E-state index in [-0.39, 0.29) is 22.1 Å². The van der Waals surface area contributed by atoms with E-state index in [0.717, 1.165) is 42.8 Å². The van der Waals surface area contributed by atoms with Crippen LogP contribution in [0.4, 0.5) is 20.2 Å². The Kier molecular flexibility index (Phi) is 4.48. The van der Waals surface area contributed by atoms with Crippen molar-refractivity contribution in [2.75, 3.05) is 23.8 Å². The number of para-hydroxylation sites is 1. The Morgan fingerprint density at radius 3 is 2.80 bits per heavy atom. The van der Waals surface area contributed by atoms with Crippen molar-refractivity contribution in [1.82, 2.24) is 4.90 Å². The number of carbonyl (C=O) groups excluding carboxylic acids is 2. The van der Waals surface area contributed by atoms with Gasteiger partial charge in [0, 0.05) is 34.9 Å². The molecule has 5 nitrogen and oxygen atoms in total. The predicted molar refractivity (Wildman–Crippen MR) is 112 cm³/mol. The van der Waals surface area contributed by atoms with Gasteiger partial charge in [0.05, 0.1) is 11.6 Å². The molecule has 0 radical (unpaired) electrons. The maximum atomic E-state index is 14.4. The lowest BCUT2D eigenvalue weighted by molar-refractivity contribution is -0.136. The number of likely N-dealkylation sites (N-methyl/N-ethyl adjacent to an activating group) is 1. The summed E-state index contributed by atoms with van der Waals surface area (Å²) >= 11 is 3.13. The maximum Gasteiger partial charge on any atom is 0.252 e. The third-order valence-corrected chi connectivity index (χ3v) is 7.35. The van der Waals surface area contributed by atoms with E-state index in [0.29, 0.717) is 6.42 Å². The monoisotopic (exact) mass is 475 g/mol. The van der Waals surface area contributed by atoms with E-state index < -0.39 is 29.0 Å². The minimum absolute atomic E-state index is 0.115. The summed E-state index contributed by atoms with van der Waals surface area (Å²) in [5, 5.41) is 2.63. The molecule has 30 heavy (non-hydrogen) atoms. The fourth-order valence-electron chi connectivity index (χ4n) is 5.54. The van der Waals surface area contributed by atoms with E-state index in [1.54, 1.807) is 11.9 Å². The second kappa shape index (κ2) is 6.85. The molecular weight excluding hydrogens is 456 g/mol. The maximum absolute atomic E-state index is 14.4. The van der Waals surface area contributed by atoms with Crippen LogP contribution in [0.1, 0.15) is 24.8 Å². The van der Waals surface area contributed by atoms with E-state index in [1.807, 2.05) is 24.3 Å². The molecule has 2 saturated heterocycles. The number of benzene rings is 2. The number of halogens is 3. The summed E-state index contributed by atoms with van der Waals surface area (Å²) in [6.45, 7) is 0.733. The molecule has 3 aliphatic rings. The Balaban J connectivity index is 1.60. The van der Waals surface area contributed by atoms with Gasteiger partial charge in [0.15, 0.2) is 5.82 Å². The summed E-state index contributed by atoms with van der Waals surface area (Å²) in [5.74, 6) is -2.85. The van der Waals surface area contributed by atoms with Gasteiger partial charge in [-0.1, -0.05) is 18.2 Å². The van der Waals surface area contributed by atoms with Crippen molar-refractivity contribution >= 4 is 39.1 Å². The minimum atomic E-state index is -1.10. The number of hydrogen-bond donors (Lipinski definition) is 1. The van der Waals surface area contributed by atoms with Gasteiger partial charge in [0.1, 0.15) is 11.4 Å². The van der Waals surface area contributed by atoms with Crippen molar-refractivity contribution in [2.45, 2.75) is 30.8 Å². The first-order valence-electron chi connectivity index (χ1n) is 9.95. The molecule has 5 rings (SSSR count). The molecule has 0 aliphatic carbocycles. The van der Waals surface area contributed by atoms with Crippen LogP contribution >= 0.6 is 15.9 Å². The number of nitrogens with zero attached hydrogens (tertiary/aromatic N) is 2. The quantitative estimate of drug-likeness (QED) is 0.713. The predicted octanol–water partition coefficient (Wildman–Crippen LogP) is 4.02. The molecular formula is C22H20BrF2N3O2. The Hall–Kier alpha value is -2.32. The lowest BCUT2D eigenvalue weighted by Crippen LogP contribution is -2.55. The van der Waals surface area contributed by atoms with Crippen molar-refractivity contribution in [3.63, 3.8) is 0 Å². The van der Waals surface area contributed by atoms with Crippen LogP contribution in [0.25, 0.3) is 0 Å². The van der Waals surface area contributed by atoms with Crippen LogP contribution in [0.5, 0.6) is 0 Å². The van der Waals surface area contributed by atoms with Crippen LogP contribution in [0.2, 0.25) is 0 Å². The summed E-state index contributed by atoms with van der Waals surface area (Å²) in [6, 6.07) is 9.49. The normalized spacial score (nSPS) is 27.6. The van der Waals surface area contributed by atoms with E-state index in [9.17, 15) is 18.4 Å². The Morgan fingerprint density at radius 1 is 1.27 bits per heavy atom. The van der Waals surface area contributed by atoms with Gasteiger partial charge in [-0.2, -0.15) is 0 Å². The molecule has 1 spiro atoms. The fourth-order valence-corrected chi connectivity index (χ4v) is 6.05. The zero-order valence-electron chi connectivity index (χ0n) is 16.3. The highest BCUT2D eigenvalue weighted by atomic mass is 79.9. The first-order chi connectivity index (χ1) is 14.4. The molecule has 2 fully saturated rings. The van der Waals surface area contributed by atoms with Crippen LogP contribution in [0.15, 0.2) is 40.9 Å². The first-order valence-corrected chi connectivity index (χ1v) is 10.7. The molecule has 3 atom stereocenters. The number of amides is 2. The van der Waals surface area contributed by atoms with Gasteiger partial charge >= 0.3 is 0 Å². The number of fused-ring (bicyclic) bond motifs is 4. The molecule has 8 heteroatoms. The zero-order valence-corrected chi connectivity index (χ0v) is 17.9. The Morgan fingerprint density at radius 2 is 2.03 bits per heavy atom. The first kappa shape index (κ1) is 19.6. The van der Waals surface area contributed by atoms with Crippen molar-refractivity contribution < 1.29 is 18.4 Å². The van der Waals surface area contributed by atoms with Crippen LogP contribution < -0.4 is 10.2 Å². The molecule has 2 amide bonds. The SMILES string of the molecule is CN1C(=O)[C@]2(c3ccccc31)[C@H](C(=O)Nc1c(F)cc(F)cc1Br)C[C@H]1CCCN12. The number of hydrogen-bond acceptors (Lipinski definition) is 3. The summed E-state index contributed by atoms with van der Waals surface area (Å²) in [7, 11) is 1.73. The second-order valence-electron chi connectivity index (χ2n) is 8.16. The summed E-state index contributed by atoms with van der Waals surface area (Å²) in [5.41, 5.74) is 0.401.